The van der Waals surface area contributed by atoms with Crippen LogP contribution in [0.3, 0.4) is 0 Å². The molecule has 0 saturated heterocycles. The monoisotopic (exact) mass is 751 g/mol. The van der Waals surface area contributed by atoms with Crippen molar-refractivity contribution >= 4 is 8.60 Å². The lowest BCUT2D eigenvalue weighted by Gasteiger charge is -2.27. The van der Waals surface area contributed by atoms with Crippen molar-refractivity contribution in [3.05, 3.63) is 37.4 Å². The third kappa shape index (κ3) is 35.7. The first-order valence-corrected chi connectivity index (χ1v) is 23.5. The highest BCUT2D eigenvalue weighted by Gasteiger charge is 2.02. The molecule has 0 spiro atoms. The maximum Gasteiger partial charge on any atom is 0.243 e. The third-order valence-electron chi connectivity index (χ3n) is 10.00. The van der Waals surface area contributed by atoms with Crippen LogP contribution in [-0.4, -0.2) is 15.7 Å². The van der Waals surface area contributed by atoms with E-state index in [1.165, 1.54) is 193 Å². The minimum Gasteiger partial charge on any atom is -0.820 e. The molecule has 2 heterocycles. The molecule has 306 valence electrons. The van der Waals surface area contributed by atoms with E-state index in [9.17, 15) is 9.79 Å². The molecular formula is C44H87N4O3P. The van der Waals surface area contributed by atoms with Gasteiger partial charge in [0.2, 0.25) is 12.7 Å². The summed E-state index contributed by atoms with van der Waals surface area (Å²) in [6.45, 7) is 15.3. The van der Waals surface area contributed by atoms with Gasteiger partial charge in [0.1, 0.15) is 24.8 Å². The van der Waals surface area contributed by atoms with E-state index in [4.69, 9.17) is 0 Å². The smallest absolute Gasteiger partial charge is 0.243 e. The molecule has 2 rings (SSSR count). The van der Waals surface area contributed by atoms with Crippen molar-refractivity contribution in [2.45, 2.75) is 241 Å². The molecule has 0 fully saturated rings. The molecular weight excluding hydrogens is 663 g/mol. The lowest BCUT2D eigenvalue weighted by atomic mass is 10.0. The molecule has 0 aliphatic heterocycles. The highest BCUT2D eigenvalue weighted by Crippen LogP contribution is 2.14. The average Bonchev–Trinajstić information content (AvgIpc) is 3.82. The van der Waals surface area contributed by atoms with Gasteiger partial charge in [-0.25, -0.2) is 18.3 Å². The maximum absolute atomic E-state index is 9.41. The zero-order valence-electron chi connectivity index (χ0n) is 35.3. The van der Waals surface area contributed by atoms with Crippen LogP contribution >= 0.6 is 8.60 Å². The molecule has 0 aliphatic rings. The van der Waals surface area contributed by atoms with Crippen molar-refractivity contribution < 1.29 is 23.4 Å². The Kier molecular flexibility index (Phi) is 39.9. The quantitative estimate of drug-likeness (QED) is 0.0406. The Morgan fingerprint density at radius 1 is 0.423 bits per heavy atom. The van der Waals surface area contributed by atoms with E-state index in [-0.39, 0.29) is 6.61 Å². The number of unbranched alkanes of at least 4 members (excludes halogenated alkanes) is 26. The predicted molar refractivity (Wildman–Crippen MR) is 220 cm³/mol. The fourth-order valence-electron chi connectivity index (χ4n) is 6.60. The molecule has 0 aromatic carbocycles. The molecule has 0 aliphatic carbocycles. The maximum atomic E-state index is 9.41. The van der Waals surface area contributed by atoms with Crippen molar-refractivity contribution in [3.63, 3.8) is 0 Å². The van der Waals surface area contributed by atoms with Gasteiger partial charge in [-0.3, -0.25) is 0 Å². The second kappa shape index (κ2) is 40.9. The summed E-state index contributed by atoms with van der Waals surface area (Å²) in [5.74, 6) is 0. The van der Waals surface area contributed by atoms with E-state index in [0.29, 0.717) is 0 Å². The number of hydrogen-bond acceptors (Lipinski definition) is 3. The van der Waals surface area contributed by atoms with E-state index in [1.807, 2.05) is 0 Å². The summed E-state index contributed by atoms with van der Waals surface area (Å²) in [4.78, 5) is 18.8. The molecule has 7 nitrogen and oxygen atoms in total. The largest absolute Gasteiger partial charge is 0.820 e. The van der Waals surface area contributed by atoms with E-state index in [1.54, 1.807) is 6.92 Å². The van der Waals surface area contributed by atoms with Gasteiger partial charge in [-0.05, 0) is 46.5 Å². The van der Waals surface area contributed by atoms with E-state index in [0.717, 1.165) is 13.1 Å². The van der Waals surface area contributed by atoms with Crippen LogP contribution in [0, 0.1) is 0 Å². The van der Waals surface area contributed by atoms with Crippen LogP contribution in [-0.2, 0) is 30.7 Å². The minimum absolute atomic E-state index is 0.235. The van der Waals surface area contributed by atoms with Crippen LogP contribution in [0.25, 0.3) is 0 Å². The fourth-order valence-corrected chi connectivity index (χ4v) is 6.81. The zero-order valence-corrected chi connectivity index (χ0v) is 36.2. The Morgan fingerprint density at radius 3 is 0.885 bits per heavy atom. The Labute approximate surface area is 325 Å². The fraction of sp³-hybridized carbons (Fsp3) is 0.864. The molecule has 2 aromatic rings. The van der Waals surface area contributed by atoms with Gasteiger partial charge in [0.25, 0.3) is 0 Å². The van der Waals surface area contributed by atoms with Crippen LogP contribution in [0.15, 0.2) is 37.4 Å². The van der Waals surface area contributed by atoms with E-state index < -0.39 is 8.60 Å². The van der Waals surface area contributed by atoms with Crippen molar-refractivity contribution in [2.75, 3.05) is 6.61 Å². The number of rotatable bonds is 34. The molecule has 0 N–H and O–H groups in total. The van der Waals surface area contributed by atoms with Crippen molar-refractivity contribution in [1.29, 1.82) is 0 Å². The first-order chi connectivity index (χ1) is 25.5. The van der Waals surface area contributed by atoms with Gasteiger partial charge in [0.05, 0.1) is 26.2 Å². The van der Waals surface area contributed by atoms with Gasteiger partial charge in [-0.15, -0.1) is 0 Å². The van der Waals surface area contributed by atoms with Gasteiger partial charge in [0.15, 0.2) is 0 Å². The van der Waals surface area contributed by atoms with Gasteiger partial charge < -0.3 is 14.3 Å². The Balaban J connectivity index is 0.000000864. The SMILES string of the molecule is CCCCCCCCCCCCCCCC[n+]1ccn(CC)c1.CCCCCCCCCCCCCCCC[n+]1ccn(CC)c1.CCOP([O-])[O-]. The van der Waals surface area contributed by atoms with E-state index in [2.05, 4.69) is 87.9 Å². The molecule has 0 bridgehead atoms. The number of aryl methyl sites for hydroxylation is 4. The molecule has 8 heteroatoms. The molecule has 0 unspecified atom stereocenters. The lowest BCUT2D eigenvalue weighted by Crippen LogP contribution is -2.30. The highest BCUT2D eigenvalue weighted by molar-refractivity contribution is 7.36. The van der Waals surface area contributed by atoms with Crippen LogP contribution in [0.1, 0.15) is 214 Å². The number of aromatic nitrogens is 4. The zero-order chi connectivity index (χ0) is 38.2. The van der Waals surface area contributed by atoms with Gasteiger partial charge >= 0.3 is 0 Å². The first kappa shape index (κ1) is 50.7. The number of hydrogen-bond donors (Lipinski definition) is 0. The Hall–Kier alpha value is -1.27. The Bertz CT molecular complexity index is 881. The second-order valence-corrected chi connectivity index (χ2v) is 15.5. The molecule has 0 amide bonds. The number of imidazole rings is 2. The van der Waals surface area contributed by atoms with Gasteiger partial charge in [0, 0.05) is 6.61 Å². The first-order valence-electron chi connectivity index (χ1n) is 22.4. The summed E-state index contributed by atoms with van der Waals surface area (Å²) >= 11 is 0. The third-order valence-corrected chi connectivity index (χ3v) is 10.5. The van der Waals surface area contributed by atoms with Gasteiger partial charge in [-0.1, -0.05) is 168 Å². The normalized spacial score (nSPS) is 11.1. The topological polar surface area (TPSA) is 73.0 Å². The van der Waals surface area contributed by atoms with Crippen molar-refractivity contribution in [3.8, 4) is 0 Å². The molecule has 52 heavy (non-hydrogen) atoms. The molecule has 0 atom stereocenters. The lowest BCUT2D eigenvalue weighted by molar-refractivity contribution is -0.697. The summed E-state index contributed by atoms with van der Waals surface area (Å²) in [6, 6.07) is 0. The Morgan fingerprint density at radius 2 is 0.692 bits per heavy atom. The van der Waals surface area contributed by atoms with Crippen LogP contribution in [0.2, 0.25) is 0 Å². The standard InChI is InChI=1S/2C21H41N2.C2H5O3P/c2*1-3-5-6-7-8-9-10-11-12-13-14-15-16-17-18-23-20-19-22(4-2)21-23;1-2-5-6(3)4/h2*19-21H,3-18H2,1-2H3;2H2,1H3/q2*+1;-2. The molecule has 2 aromatic heterocycles. The van der Waals surface area contributed by atoms with Crippen LogP contribution in [0.5, 0.6) is 0 Å². The summed E-state index contributed by atoms with van der Waals surface area (Å²) in [5.41, 5.74) is 0. The minimum atomic E-state index is -2.60. The predicted octanol–water partition coefficient (Wildman–Crippen LogP) is 11.5. The summed E-state index contributed by atoms with van der Waals surface area (Å²) < 4.78 is 13.1. The number of nitrogens with zero attached hydrogens (tertiary/aromatic N) is 4. The second-order valence-electron chi connectivity index (χ2n) is 14.8. The molecule has 0 saturated carbocycles. The van der Waals surface area contributed by atoms with Crippen LogP contribution < -0.4 is 18.9 Å². The average molecular weight is 751 g/mol. The summed E-state index contributed by atoms with van der Waals surface area (Å²) in [6.07, 6.45) is 53.4. The molecule has 0 radical (unpaired) electrons. The van der Waals surface area contributed by atoms with Crippen molar-refractivity contribution in [2.24, 2.45) is 0 Å². The van der Waals surface area contributed by atoms with E-state index >= 15 is 0 Å². The highest BCUT2D eigenvalue weighted by atomic mass is 31.2. The van der Waals surface area contributed by atoms with Crippen LogP contribution in [0.4, 0.5) is 0 Å². The summed E-state index contributed by atoms with van der Waals surface area (Å²) in [5, 5.41) is 0. The van der Waals surface area contributed by atoms with Crippen molar-refractivity contribution in [1.82, 2.24) is 9.13 Å². The van der Waals surface area contributed by atoms with Gasteiger partial charge in [-0.2, -0.15) is 8.60 Å². The summed E-state index contributed by atoms with van der Waals surface area (Å²) in [7, 11) is -2.60.